The lowest BCUT2D eigenvalue weighted by Gasteiger charge is -2.34. The van der Waals surface area contributed by atoms with Gasteiger partial charge in [0.2, 0.25) is 5.91 Å². The molecule has 1 fully saturated rings. The number of likely N-dealkylation sites (tertiary alicyclic amines) is 1. The fourth-order valence-electron chi connectivity index (χ4n) is 6.82. The number of para-hydroxylation sites is 1. The Kier molecular flexibility index (Phi) is 15.8. The van der Waals surface area contributed by atoms with Crippen LogP contribution in [-0.2, 0) is 4.79 Å². The summed E-state index contributed by atoms with van der Waals surface area (Å²) in [5.74, 6) is 0.517. The molecule has 0 unspecified atom stereocenters. The Morgan fingerprint density at radius 3 is 2.25 bits per heavy atom. The van der Waals surface area contributed by atoms with Crippen LogP contribution in [0.2, 0.25) is 0 Å². The van der Waals surface area contributed by atoms with Gasteiger partial charge in [-0.3, -0.25) is 14.9 Å². The lowest BCUT2D eigenvalue weighted by Crippen LogP contribution is -2.40. The van der Waals surface area contributed by atoms with Gasteiger partial charge in [-0.25, -0.2) is 4.79 Å². The number of amides is 3. The van der Waals surface area contributed by atoms with Gasteiger partial charge >= 0.3 is 6.09 Å². The quantitative estimate of drug-likeness (QED) is 0.0978. The van der Waals surface area contributed by atoms with Crippen molar-refractivity contribution in [2.24, 2.45) is 0 Å². The Labute approximate surface area is 304 Å². The number of anilines is 2. The van der Waals surface area contributed by atoms with E-state index in [2.05, 4.69) is 40.8 Å². The monoisotopic (exact) mass is 698 g/mol. The summed E-state index contributed by atoms with van der Waals surface area (Å²) in [6.07, 6.45) is 5.09. The third kappa shape index (κ3) is 12.1. The second-order valence-electron chi connectivity index (χ2n) is 13.9. The Morgan fingerprint density at radius 2 is 1.59 bits per heavy atom. The van der Waals surface area contributed by atoms with E-state index >= 15 is 0 Å². The standard InChI is InChI=1S/C41H58N6O4/c1-31(2)47(26-12-24-42-3)40(49)34-18-20-35(21-19-34)43-25-10-6-9-17-38(48)45(4)29-30-46-27-22-33(23-28-46)37-16-11-15-36(39(37)44-41(50)51)32-13-7-5-8-14-32/h5,7-8,11,13-16,18-21,31,33,42-44H,6,9-10,12,17,22-30H2,1-4H3,(H,50,51). The first-order valence-electron chi connectivity index (χ1n) is 18.6. The predicted octanol–water partition coefficient (Wildman–Crippen LogP) is 7.21. The van der Waals surface area contributed by atoms with Crippen LogP contribution in [0.5, 0.6) is 0 Å². The second kappa shape index (κ2) is 20.4. The normalized spacial score (nSPS) is 13.6. The zero-order valence-corrected chi connectivity index (χ0v) is 31.0. The number of piperidine rings is 1. The number of carboxylic acid groups (broad SMARTS) is 1. The number of unbranched alkanes of at least 4 members (excludes halogenated alkanes) is 2. The molecular formula is C41H58N6O4. The van der Waals surface area contributed by atoms with Gasteiger partial charge in [-0.05, 0) is 114 Å². The van der Waals surface area contributed by atoms with Gasteiger partial charge in [-0.2, -0.15) is 0 Å². The third-order valence-corrected chi connectivity index (χ3v) is 9.86. The SMILES string of the molecule is CNCCCN(C(=O)c1ccc(NCCCCCC(=O)N(C)CCN2CCC(c3cccc(-c4ccccc4)c3NC(=O)O)CC2)cc1)C(C)C. The van der Waals surface area contributed by atoms with E-state index in [4.69, 9.17) is 0 Å². The number of hydrogen-bond acceptors (Lipinski definition) is 6. The van der Waals surface area contributed by atoms with Crippen LogP contribution in [0.3, 0.4) is 0 Å². The molecule has 1 heterocycles. The van der Waals surface area contributed by atoms with E-state index in [-0.39, 0.29) is 23.8 Å². The summed E-state index contributed by atoms with van der Waals surface area (Å²) in [5, 5.41) is 18.9. The van der Waals surface area contributed by atoms with Crippen LogP contribution in [0.15, 0.2) is 72.8 Å². The maximum absolute atomic E-state index is 13.0. The number of likely N-dealkylation sites (N-methyl/N-ethyl adjacent to an activating group) is 1. The van der Waals surface area contributed by atoms with Crippen molar-refractivity contribution in [2.45, 2.75) is 70.8 Å². The summed E-state index contributed by atoms with van der Waals surface area (Å²) >= 11 is 0. The van der Waals surface area contributed by atoms with Crippen molar-refractivity contribution < 1.29 is 19.5 Å². The molecule has 4 N–H and O–H groups in total. The lowest BCUT2D eigenvalue weighted by molar-refractivity contribution is -0.130. The van der Waals surface area contributed by atoms with Gasteiger partial charge in [0.15, 0.2) is 0 Å². The molecule has 0 saturated carbocycles. The molecule has 3 aromatic rings. The van der Waals surface area contributed by atoms with Crippen LogP contribution < -0.4 is 16.0 Å². The molecule has 1 aliphatic heterocycles. The van der Waals surface area contributed by atoms with E-state index in [1.807, 2.05) is 90.6 Å². The molecular weight excluding hydrogens is 640 g/mol. The molecule has 1 aliphatic rings. The van der Waals surface area contributed by atoms with Crippen molar-refractivity contribution in [3.63, 3.8) is 0 Å². The van der Waals surface area contributed by atoms with Gasteiger partial charge in [-0.15, -0.1) is 0 Å². The fraction of sp³-hybridized carbons (Fsp3) is 0.488. The topological polar surface area (TPSA) is 117 Å². The molecule has 10 nitrogen and oxygen atoms in total. The minimum atomic E-state index is -1.05. The van der Waals surface area contributed by atoms with Gasteiger partial charge in [0.25, 0.3) is 5.91 Å². The number of carbonyl (C=O) groups is 3. The number of carbonyl (C=O) groups excluding carboxylic acids is 2. The summed E-state index contributed by atoms with van der Waals surface area (Å²) in [6.45, 7) is 9.90. The largest absolute Gasteiger partial charge is 0.465 e. The molecule has 10 heteroatoms. The van der Waals surface area contributed by atoms with Gasteiger partial charge in [0, 0.05) is 62.5 Å². The molecule has 0 radical (unpaired) electrons. The average molecular weight is 699 g/mol. The van der Waals surface area contributed by atoms with Gasteiger partial charge < -0.3 is 30.4 Å². The minimum Gasteiger partial charge on any atom is -0.465 e. The first-order valence-corrected chi connectivity index (χ1v) is 18.6. The molecule has 3 amide bonds. The number of nitrogens with zero attached hydrogens (tertiary/aromatic N) is 3. The van der Waals surface area contributed by atoms with Crippen LogP contribution in [0.25, 0.3) is 11.1 Å². The van der Waals surface area contributed by atoms with Crippen molar-refractivity contribution >= 4 is 29.3 Å². The summed E-state index contributed by atoms with van der Waals surface area (Å²) in [4.78, 5) is 43.8. The molecule has 51 heavy (non-hydrogen) atoms. The Balaban J connectivity index is 1.13. The zero-order valence-electron chi connectivity index (χ0n) is 31.0. The fourth-order valence-corrected chi connectivity index (χ4v) is 6.82. The van der Waals surface area contributed by atoms with E-state index in [1.54, 1.807) is 0 Å². The second-order valence-corrected chi connectivity index (χ2v) is 13.9. The zero-order chi connectivity index (χ0) is 36.6. The highest BCUT2D eigenvalue weighted by atomic mass is 16.4. The molecule has 0 spiro atoms. The van der Waals surface area contributed by atoms with Crippen LogP contribution >= 0.6 is 0 Å². The van der Waals surface area contributed by atoms with E-state index in [0.717, 1.165) is 100 Å². The highest BCUT2D eigenvalue weighted by Crippen LogP contribution is 2.39. The third-order valence-electron chi connectivity index (χ3n) is 9.86. The Morgan fingerprint density at radius 1 is 0.863 bits per heavy atom. The molecule has 4 rings (SSSR count). The van der Waals surface area contributed by atoms with E-state index in [9.17, 15) is 19.5 Å². The lowest BCUT2D eigenvalue weighted by atomic mass is 9.86. The van der Waals surface area contributed by atoms with Crippen LogP contribution in [0, 0.1) is 0 Å². The molecule has 0 aromatic heterocycles. The average Bonchev–Trinajstić information content (AvgIpc) is 3.14. The van der Waals surface area contributed by atoms with E-state index in [0.29, 0.717) is 24.2 Å². The van der Waals surface area contributed by atoms with E-state index < -0.39 is 6.09 Å². The first kappa shape index (κ1) is 39.4. The van der Waals surface area contributed by atoms with Gasteiger partial charge in [0.05, 0.1) is 5.69 Å². The summed E-state index contributed by atoms with van der Waals surface area (Å²) < 4.78 is 0. The molecule has 0 bridgehead atoms. The van der Waals surface area contributed by atoms with Crippen LogP contribution in [0.1, 0.15) is 80.6 Å². The maximum Gasteiger partial charge on any atom is 0.409 e. The van der Waals surface area contributed by atoms with Crippen molar-refractivity contribution in [1.29, 1.82) is 0 Å². The molecule has 276 valence electrons. The van der Waals surface area contributed by atoms with Gasteiger partial charge in [0.1, 0.15) is 0 Å². The number of nitrogens with one attached hydrogen (secondary N) is 3. The van der Waals surface area contributed by atoms with Crippen molar-refractivity contribution in [3.05, 3.63) is 83.9 Å². The summed E-state index contributed by atoms with van der Waals surface area (Å²) in [5.41, 5.74) is 5.33. The smallest absolute Gasteiger partial charge is 0.409 e. The summed E-state index contributed by atoms with van der Waals surface area (Å²) in [7, 11) is 3.82. The minimum absolute atomic E-state index is 0.0681. The predicted molar refractivity (Wildman–Crippen MR) is 208 cm³/mol. The number of benzene rings is 3. The van der Waals surface area contributed by atoms with E-state index in [1.165, 1.54) is 0 Å². The Bertz CT molecular complexity index is 1520. The number of hydrogen-bond donors (Lipinski definition) is 4. The van der Waals surface area contributed by atoms with Crippen molar-refractivity contribution in [3.8, 4) is 11.1 Å². The first-order chi connectivity index (χ1) is 24.7. The highest BCUT2D eigenvalue weighted by Gasteiger charge is 2.25. The molecule has 3 aromatic carbocycles. The van der Waals surface area contributed by atoms with Crippen molar-refractivity contribution in [1.82, 2.24) is 20.0 Å². The number of rotatable bonds is 19. The van der Waals surface area contributed by atoms with Crippen LogP contribution in [-0.4, -0.2) is 104 Å². The van der Waals surface area contributed by atoms with Gasteiger partial charge in [-0.1, -0.05) is 55.0 Å². The summed E-state index contributed by atoms with van der Waals surface area (Å²) in [6, 6.07) is 23.8. The Hall–Kier alpha value is -4.41. The molecule has 1 saturated heterocycles. The molecule has 0 atom stereocenters. The molecule has 0 aliphatic carbocycles. The van der Waals surface area contributed by atoms with Crippen molar-refractivity contribution in [2.75, 3.05) is 70.5 Å². The maximum atomic E-state index is 13.0. The van der Waals surface area contributed by atoms with Crippen LogP contribution in [0.4, 0.5) is 16.2 Å². The highest BCUT2D eigenvalue weighted by molar-refractivity contribution is 5.95.